The summed E-state index contributed by atoms with van der Waals surface area (Å²) in [5.74, 6) is 1.26. The number of nitrogens with one attached hydrogen (secondary N) is 1. The number of anilines is 1. The van der Waals surface area contributed by atoms with Crippen molar-refractivity contribution in [1.82, 2.24) is 0 Å². The van der Waals surface area contributed by atoms with E-state index < -0.39 is 9.85 Å². The monoisotopic (exact) mass is 317 g/mol. The van der Waals surface area contributed by atoms with Crippen molar-refractivity contribution < 1.29 is 9.85 Å². The molecule has 1 fully saturated rings. The maximum Gasteiger partial charge on any atom is 0.299 e. The Labute approximate surface area is 133 Å². The zero-order valence-corrected chi connectivity index (χ0v) is 13.1. The zero-order valence-electron chi connectivity index (χ0n) is 13.1. The van der Waals surface area contributed by atoms with Gasteiger partial charge >= 0.3 is 0 Å². The van der Waals surface area contributed by atoms with Gasteiger partial charge in [-0.25, -0.2) is 0 Å². The van der Waals surface area contributed by atoms with Gasteiger partial charge in [-0.2, -0.15) is 0 Å². The molecule has 4 rings (SSSR count). The molecule has 7 heteroatoms. The number of benzene rings is 1. The molecule has 0 saturated heterocycles. The first-order chi connectivity index (χ1) is 10.8. The summed E-state index contributed by atoms with van der Waals surface area (Å²) in [5.41, 5.74) is 1.36. The first-order valence-corrected chi connectivity index (χ1v) is 7.66. The van der Waals surface area contributed by atoms with Gasteiger partial charge in [0.1, 0.15) is 5.69 Å². The van der Waals surface area contributed by atoms with E-state index in [0.717, 1.165) is 18.4 Å². The van der Waals surface area contributed by atoms with E-state index in [1.165, 1.54) is 24.1 Å². The van der Waals surface area contributed by atoms with Crippen molar-refractivity contribution in [3.63, 3.8) is 0 Å². The van der Waals surface area contributed by atoms with Crippen LogP contribution < -0.4 is 5.32 Å². The highest BCUT2D eigenvalue weighted by molar-refractivity contribution is 5.65. The fourth-order valence-corrected chi connectivity index (χ4v) is 3.81. The first kappa shape index (κ1) is 15.5. The molecule has 3 aliphatic rings. The van der Waals surface area contributed by atoms with Crippen LogP contribution >= 0.6 is 0 Å². The summed E-state index contributed by atoms with van der Waals surface area (Å²) in [6.07, 6.45) is 4.47. The average molecular weight is 317 g/mol. The molecule has 2 bridgehead atoms. The molecule has 0 radical (unpaired) electrons. The van der Waals surface area contributed by atoms with E-state index in [1.807, 2.05) is 0 Å². The summed E-state index contributed by atoms with van der Waals surface area (Å²) in [6.45, 7) is 5.08. The van der Waals surface area contributed by atoms with Crippen LogP contribution in [0.4, 0.5) is 17.1 Å². The molecular weight excluding hydrogens is 298 g/mol. The Kier molecular flexibility index (Phi) is 3.58. The van der Waals surface area contributed by atoms with Gasteiger partial charge in [0.25, 0.3) is 11.4 Å². The van der Waals surface area contributed by atoms with Crippen LogP contribution in [0.2, 0.25) is 0 Å². The third-order valence-electron chi connectivity index (χ3n) is 5.45. The van der Waals surface area contributed by atoms with E-state index in [9.17, 15) is 20.2 Å². The van der Waals surface area contributed by atoms with Crippen molar-refractivity contribution in [2.45, 2.75) is 26.7 Å². The van der Waals surface area contributed by atoms with Crippen LogP contribution in [-0.4, -0.2) is 16.4 Å². The highest BCUT2D eigenvalue weighted by Gasteiger charge is 2.50. The maximum absolute atomic E-state index is 11.2. The Morgan fingerprint density at radius 3 is 2.57 bits per heavy atom. The lowest BCUT2D eigenvalue weighted by molar-refractivity contribution is -0.393. The predicted octanol–water partition coefficient (Wildman–Crippen LogP) is 3.91. The molecule has 0 heterocycles. The molecule has 1 aromatic carbocycles. The lowest BCUT2D eigenvalue weighted by Crippen LogP contribution is -2.49. The number of allylic oxidation sites excluding steroid dienone is 1. The van der Waals surface area contributed by atoms with Gasteiger partial charge in [-0.05, 0) is 36.2 Å². The first-order valence-electron chi connectivity index (χ1n) is 7.66. The van der Waals surface area contributed by atoms with E-state index >= 15 is 0 Å². The standard InChI is InChI=1S/C16H19N3O4/c1-16(2)11-4-3-10(13(16)7-11)9-17-14-6-5-12(18(20)21)8-15(14)19(22)23/h3,5-6,8,11,13,17H,4,7,9H2,1-2H3. The molecule has 0 amide bonds. The summed E-state index contributed by atoms with van der Waals surface area (Å²) >= 11 is 0. The molecule has 0 aliphatic heterocycles. The highest BCUT2D eigenvalue weighted by Crippen LogP contribution is 2.59. The van der Waals surface area contributed by atoms with Crippen LogP contribution in [-0.2, 0) is 0 Å². The van der Waals surface area contributed by atoms with Gasteiger partial charge in [-0.1, -0.05) is 25.5 Å². The Hall–Kier alpha value is -2.44. The Balaban J connectivity index is 1.77. The van der Waals surface area contributed by atoms with Crippen LogP contribution in [0.25, 0.3) is 0 Å². The normalized spacial score (nSPS) is 24.3. The SMILES string of the molecule is CC1(C)C2CC=C(CNc3ccc([N+](=O)[O-])cc3[N+](=O)[O-])C1C2. The maximum atomic E-state index is 11.2. The van der Waals surface area contributed by atoms with Gasteiger partial charge in [0, 0.05) is 12.6 Å². The van der Waals surface area contributed by atoms with E-state index in [4.69, 9.17) is 0 Å². The molecule has 0 spiro atoms. The van der Waals surface area contributed by atoms with Crippen molar-refractivity contribution in [2.75, 3.05) is 11.9 Å². The molecule has 1 N–H and O–H groups in total. The number of nitrogens with zero attached hydrogens (tertiary/aromatic N) is 2. The molecule has 23 heavy (non-hydrogen) atoms. The fourth-order valence-electron chi connectivity index (χ4n) is 3.81. The molecule has 1 aromatic rings. The summed E-state index contributed by atoms with van der Waals surface area (Å²) in [5, 5.41) is 25.0. The van der Waals surface area contributed by atoms with Gasteiger partial charge in [-0.3, -0.25) is 20.2 Å². The van der Waals surface area contributed by atoms with Crippen molar-refractivity contribution in [2.24, 2.45) is 17.3 Å². The topological polar surface area (TPSA) is 98.3 Å². The van der Waals surface area contributed by atoms with E-state index in [-0.39, 0.29) is 11.4 Å². The fraction of sp³-hybridized carbons (Fsp3) is 0.500. The minimum atomic E-state index is -0.628. The summed E-state index contributed by atoms with van der Waals surface area (Å²) in [7, 11) is 0. The second kappa shape index (κ2) is 5.33. The number of hydrogen-bond acceptors (Lipinski definition) is 5. The Morgan fingerprint density at radius 1 is 1.26 bits per heavy atom. The molecule has 0 aromatic heterocycles. The third kappa shape index (κ3) is 2.56. The largest absolute Gasteiger partial charge is 0.376 e. The van der Waals surface area contributed by atoms with Crippen LogP contribution in [0, 0.1) is 37.5 Å². The van der Waals surface area contributed by atoms with E-state index in [1.54, 1.807) is 0 Å². The van der Waals surface area contributed by atoms with Gasteiger partial charge in [0.05, 0.1) is 15.9 Å². The number of nitro groups is 2. The van der Waals surface area contributed by atoms with Gasteiger partial charge in [0.15, 0.2) is 0 Å². The molecule has 2 unspecified atom stereocenters. The molecule has 1 saturated carbocycles. The number of rotatable bonds is 5. The minimum absolute atomic E-state index is 0.263. The van der Waals surface area contributed by atoms with Crippen LogP contribution in [0.5, 0.6) is 0 Å². The quantitative estimate of drug-likeness (QED) is 0.504. The van der Waals surface area contributed by atoms with Gasteiger partial charge in [0.2, 0.25) is 0 Å². The van der Waals surface area contributed by atoms with E-state index in [0.29, 0.717) is 23.6 Å². The number of hydrogen-bond donors (Lipinski definition) is 1. The summed E-state index contributed by atoms with van der Waals surface area (Å²) in [6, 6.07) is 3.70. The number of nitro benzene ring substituents is 2. The molecule has 7 nitrogen and oxygen atoms in total. The number of non-ortho nitro benzene ring substituents is 1. The average Bonchev–Trinajstić information content (AvgIpc) is 2.52. The second-order valence-electron chi connectivity index (χ2n) is 6.89. The van der Waals surface area contributed by atoms with Crippen molar-refractivity contribution in [1.29, 1.82) is 0 Å². The van der Waals surface area contributed by atoms with Crippen LogP contribution in [0.15, 0.2) is 29.8 Å². The summed E-state index contributed by atoms with van der Waals surface area (Å²) in [4.78, 5) is 20.7. The third-order valence-corrected chi connectivity index (χ3v) is 5.45. The van der Waals surface area contributed by atoms with Crippen molar-refractivity contribution >= 4 is 17.1 Å². The predicted molar refractivity (Wildman–Crippen MR) is 86.3 cm³/mol. The lowest BCUT2D eigenvalue weighted by Gasteiger charge is -2.56. The van der Waals surface area contributed by atoms with E-state index in [2.05, 4.69) is 25.2 Å². The van der Waals surface area contributed by atoms with Crippen molar-refractivity contribution in [3.05, 3.63) is 50.1 Å². The molecule has 122 valence electrons. The van der Waals surface area contributed by atoms with Crippen LogP contribution in [0.1, 0.15) is 26.7 Å². The van der Waals surface area contributed by atoms with Gasteiger partial charge < -0.3 is 5.32 Å². The summed E-state index contributed by atoms with van der Waals surface area (Å²) < 4.78 is 0. The van der Waals surface area contributed by atoms with Crippen molar-refractivity contribution in [3.8, 4) is 0 Å². The Morgan fingerprint density at radius 2 is 2.00 bits per heavy atom. The minimum Gasteiger partial charge on any atom is -0.376 e. The lowest BCUT2D eigenvalue weighted by atomic mass is 9.49. The number of fused-ring (bicyclic) bond motifs is 1. The second-order valence-corrected chi connectivity index (χ2v) is 6.89. The molecular formula is C16H19N3O4. The molecule has 2 atom stereocenters. The molecule has 3 aliphatic carbocycles. The smallest absolute Gasteiger partial charge is 0.299 e. The highest BCUT2D eigenvalue weighted by atomic mass is 16.6. The van der Waals surface area contributed by atoms with Gasteiger partial charge in [-0.15, -0.1) is 0 Å². The Bertz CT molecular complexity index is 711. The van der Waals surface area contributed by atoms with Crippen LogP contribution in [0.3, 0.4) is 0 Å². The zero-order chi connectivity index (χ0) is 16.8.